The monoisotopic (exact) mass is 311 g/mol. The summed E-state index contributed by atoms with van der Waals surface area (Å²) >= 11 is 0. The lowest BCUT2D eigenvalue weighted by atomic mass is 10.1. The zero-order valence-electron chi connectivity index (χ0n) is 13.4. The molecule has 0 saturated heterocycles. The number of anilines is 1. The number of hydrogen-bond donors (Lipinski definition) is 2. The Morgan fingerprint density at radius 1 is 1.17 bits per heavy atom. The summed E-state index contributed by atoms with van der Waals surface area (Å²) in [6, 6.07) is 9.91. The van der Waals surface area contributed by atoms with E-state index in [-0.39, 0.29) is 0 Å². The number of ether oxygens (including phenoxy) is 1. The van der Waals surface area contributed by atoms with Gasteiger partial charge in [0, 0.05) is 29.8 Å². The molecule has 0 aliphatic rings. The van der Waals surface area contributed by atoms with Gasteiger partial charge >= 0.3 is 0 Å². The second kappa shape index (κ2) is 6.66. The van der Waals surface area contributed by atoms with Gasteiger partial charge in [0.2, 0.25) is 5.88 Å². The van der Waals surface area contributed by atoms with Gasteiger partial charge < -0.3 is 15.4 Å². The van der Waals surface area contributed by atoms with Crippen molar-refractivity contribution >= 4 is 16.7 Å². The van der Waals surface area contributed by atoms with Crippen LogP contribution in [-0.4, -0.2) is 47.3 Å². The van der Waals surface area contributed by atoms with Crippen molar-refractivity contribution in [3.8, 4) is 17.0 Å². The minimum absolute atomic E-state index is 0.510. The minimum Gasteiger partial charge on any atom is -0.478 e. The third kappa shape index (κ3) is 3.60. The van der Waals surface area contributed by atoms with E-state index in [2.05, 4.69) is 34.2 Å². The van der Waals surface area contributed by atoms with Crippen molar-refractivity contribution < 1.29 is 4.74 Å². The number of pyridine rings is 1. The van der Waals surface area contributed by atoms with E-state index < -0.39 is 0 Å². The lowest BCUT2D eigenvalue weighted by Crippen LogP contribution is -2.15. The van der Waals surface area contributed by atoms with Crippen molar-refractivity contribution in [2.75, 3.05) is 33.0 Å². The van der Waals surface area contributed by atoms with Gasteiger partial charge in [-0.15, -0.1) is 0 Å². The fourth-order valence-corrected chi connectivity index (χ4v) is 2.41. The highest BCUT2D eigenvalue weighted by molar-refractivity contribution is 5.92. The normalized spacial score (nSPS) is 11.3. The number of aromatic amines is 1. The average Bonchev–Trinajstić information content (AvgIpc) is 2.93. The van der Waals surface area contributed by atoms with Crippen LogP contribution >= 0.6 is 0 Å². The Labute approximate surface area is 135 Å². The number of nitrogens with one attached hydrogen (secondary N) is 1. The van der Waals surface area contributed by atoms with Crippen LogP contribution in [0.15, 0.2) is 36.5 Å². The standard InChI is InChI=1S/C17H21N5O/c1-22(2)8-3-9-23-16-7-5-13(11-19-16)12-4-6-15-14(10-12)17(18)21-20-15/h4-7,10-11H,3,8-9H2,1-2H3,(H3,18,20,21). The maximum absolute atomic E-state index is 5.86. The van der Waals surface area contributed by atoms with E-state index in [0.717, 1.165) is 35.0 Å². The Morgan fingerprint density at radius 2 is 2.00 bits per heavy atom. The van der Waals surface area contributed by atoms with Crippen molar-refractivity contribution in [1.29, 1.82) is 0 Å². The van der Waals surface area contributed by atoms with Crippen LogP contribution in [0.3, 0.4) is 0 Å². The molecule has 0 aliphatic carbocycles. The van der Waals surface area contributed by atoms with Gasteiger partial charge in [-0.1, -0.05) is 6.07 Å². The highest BCUT2D eigenvalue weighted by Gasteiger charge is 2.05. The number of nitrogen functional groups attached to an aromatic ring is 1. The summed E-state index contributed by atoms with van der Waals surface area (Å²) in [5.41, 5.74) is 8.86. The van der Waals surface area contributed by atoms with Crippen molar-refractivity contribution in [1.82, 2.24) is 20.1 Å². The number of benzene rings is 1. The molecule has 3 aromatic rings. The van der Waals surface area contributed by atoms with Crippen molar-refractivity contribution in [3.05, 3.63) is 36.5 Å². The fourth-order valence-electron chi connectivity index (χ4n) is 2.41. The molecule has 0 spiro atoms. The fraction of sp³-hybridized carbons (Fsp3) is 0.294. The molecule has 1 aromatic carbocycles. The predicted molar refractivity (Wildman–Crippen MR) is 92.4 cm³/mol. The van der Waals surface area contributed by atoms with Crippen LogP contribution < -0.4 is 10.5 Å². The number of rotatable bonds is 6. The first-order valence-corrected chi connectivity index (χ1v) is 7.61. The highest BCUT2D eigenvalue weighted by atomic mass is 16.5. The molecule has 0 amide bonds. The summed E-state index contributed by atoms with van der Waals surface area (Å²) in [7, 11) is 4.10. The minimum atomic E-state index is 0.510. The summed E-state index contributed by atoms with van der Waals surface area (Å²) in [6.07, 6.45) is 2.80. The van der Waals surface area contributed by atoms with Crippen LogP contribution in [0.1, 0.15) is 6.42 Å². The van der Waals surface area contributed by atoms with Crippen LogP contribution in [0.4, 0.5) is 5.82 Å². The number of H-pyrrole nitrogens is 1. The van der Waals surface area contributed by atoms with E-state index in [1.807, 2.05) is 36.5 Å². The quantitative estimate of drug-likeness (QED) is 0.684. The summed E-state index contributed by atoms with van der Waals surface area (Å²) in [5, 5.41) is 7.83. The molecule has 0 saturated carbocycles. The molecule has 6 heteroatoms. The summed E-state index contributed by atoms with van der Waals surface area (Å²) in [5.74, 6) is 1.16. The summed E-state index contributed by atoms with van der Waals surface area (Å²) in [4.78, 5) is 6.51. The van der Waals surface area contributed by atoms with E-state index in [1.54, 1.807) is 0 Å². The van der Waals surface area contributed by atoms with E-state index >= 15 is 0 Å². The molecule has 0 aliphatic heterocycles. The lowest BCUT2D eigenvalue weighted by molar-refractivity contribution is 0.273. The van der Waals surface area contributed by atoms with E-state index in [4.69, 9.17) is 10.5 Å². The van der Waals surface area contributed by atoms with Crippen LogP contribution in [0, 0.1) is 0 Å². The first-order valence-electron chi connectivity index (χ1n) is 7.61. The van der Waals surface area contributed by atoms with Crippen LogP contribution in [0.5, 0.6) is 5.88 Å². The van der Waals surface area contributed by atoms with E-state index in [0.29, 0.717) is 18.3 Å². The van der Waals surface area contributed by atoms with Gasteiger partial charge in [-0.2, -0.15) is 5.10 Å². The van der Waals surface area contributed by atoms with Crippen molar-refractivity contribution in [3.63, 3.8) is 0 Å². The second-order valence-corrected chi connectivity index (χ2v) is 5.76. The zero-order valence-corrected chi connectivity index (χ0v) is 13.4. The first kappa shape index (κ1) is 15.3. The Morgan fingerprint density at radius 3 is 2.74 bits per heavy atom. The molecule has 120 valence electrons. The van der Waals surface area contributed by atoms with Crippen LogP contribution in [-0.2, 0) is 0 Å². The van der Waals surface area contributed by atoms with Crippen molar-refractivity contribution in [2.45, 2.75) is 6.42 Å². The molecular weight excluding hydrogens is 290 g/mol. The number of aromatic nitrogens is 3. The molecule has 3 N–H and O–H groups in total. The molecule has 3 rings (SSSR count). The van der Waals surface area contributed by atoms with Gasteiger partial charge in [-0.05, 0) is 44.3 Å². The van der Waals surface area contributed by atoms with E-state index in [1.165, 1.54) is 0 Å². The van der Waals surface area contributed by atoms with Gasteiger partial charge in [-0.25, -0.2) is 4.98 Å². The van der Waals surface area contributed by atoms with Crippen LogP contribution in [0.25, 0.3) is 22.0 Å². The van der Waals surface area contributed by atoms with Crippen molar-refractivity contribution in [2.24, 2.45) is 0 Å². The molecule has 0 unspecified atom stereocenters. The Bertz CT molecular complexity index is 779. The molecule has 2 heterocycles. The SMILES string of the molecule is CN(C)CCCOc1ccc(-c2ccc3[nH]nc(N)c3c2)cn1. The number of nitrogens with zero attached hydrogens (tertiary/aromatic N) is 3. The number of nitrogens with two attached hydrogens (primary N) is 1. The first-order chi connectivity index (χ1) is 11.1. The van der Waals surface area contributed by atoms with Gasteiger partial charge in [-0.3, -0.25) is 5.10 Å². The van der Waals surface area contributed by atoms with Gasteiger partial charge in [0.05, 0.1) is 12.1 Å². The third-order valence-electron chi connectivity index (χ3n) is 3.66. The number of hydrogen-bond acceptors (Lipinski definition) is 5. The molecule has 0 bridgehead atoms. The van der Waals surface area contributed by atoms with Gasteiger partial charge in [0.15, 0.2) is 5.82 Å². The number of fused-ring (bicyclic) bond motifs is 1. The van der Waals surface area contributed by atoms with Crippen LogP contribution in [0.2, 0.25) is 0 Å². The maximum Gasteiger partial charge on any atom is 0.213 e. The Kier molecular flexibility index (Phi) is 4.43. The molecule has 0 fully saturated rings. The maximum atomic E-state index is 5.86. The topological polar surface area (TPSA) is 80.1 Å². The largest absolute Gasteiger partial charge is 0.478 e. The lowest BCUT2D eigenvalue weighted by Gasteiger charge is -2.10. The van der Waals surface area contributed by atoms with Gasteiger partial charge in [0.1, 0.15) is 0 Å². The molecule has 2 aromatic heterocycles. The Balaban J connectivity index is 1.69. The van der Waals surface area contributed by atoms with Gasteiger partial charge in [0.25, 0.3) is 0 Å². The average molecular weight is 311 g/mol. The predicted octanol–water partition coefficient (Wildman–Crippen LogP) is 2.54. The molecular formula is C17H21N5O. The highest BCUT2D eigenvalue weighted by Crippen LogP contribution is 2.26. The summed E-state index contributed by atoms with van der Waals surface area (Å²) < 4.78 is 5.65. The molecule has 0 atom stereocenters. The summed E-state index contributed by atoms with van der Waals surface area (Å²) in [6.45, 7) is 1.67. The molecule has 0 radical (unpaired) electrons. The zero-order chi connectivity index (χ0) is 16.2. The second-order valence-electron chi connectivity index (χ2n) is 5.76. The Hall–Kier alpha value is -2.60. The molecule has 23 heavy (non-hydrogen) atoms. The van der Waals surface area contributed by atoms with E-state index in [9.17, 15) is 0 Å². The molecule has 6 nitrogen and oxygen atoms in total. The smallest absolute Gasteiger partial charge is 0.213 e. The third-order valence-corrected chi connectivity index (χ3v) is 3.66.